The third-order valence-electron chi connectivity index (χ3n) is 15.2. The topological polar surface area (TPSA) is 68.7 Å². The quantitative estimate of drug-likeness (QED) is 0.281. The number of H-pyrrole nitrogens is 1. The van der Waals surface area contributed by atoms with Crippen molar-refractivity contribution in [3.05, 3.63) is 47.7 Å². The number of amides is 1. The predicted octanol–water partition coefficient (Wildman–Crippen LogP) is 8.87. The Morgan fingerprint density at radius 2 is 1.77 bits per heavy atom. The average Bonchev–Trinajstić information content (AvgIpc) is 3.54. The summed E-state index contributed by atoms with van der Waals surface area (Å²) < 4.78 is 0. The Morgan fingerprint density at radius 1 is 1.00 bits per heavy atom. The van der Waals surface area contributed by atoms with Gasteiger partial charge in [-0.1, -0.05) is 65.0 Å². The number of hydrogen-bond donors (Lipinski definition) is 2. The first-order valence-electron chi connectivity index (χ1n) is 17.3. The molecule has 4 heteroatoms. The van der Waals surface area contributed by atoms with Crippen LogP contribution in [0.25, 0.3) is 10.9 Å². The summed E-state index contributed by atoms with van der Waals surface area (Å²) in [5.74, 6) is 2.86. The number of aromatic nitrogens is 1. The third-order valence-corrected chi connectivity index (χ3v) is 15.2. The van der Waals surface area contributed by atoms with E-state index in [2.05, 4.69) is 88.8 Å². The number of hydrogen-bond acceptors (Lipinski definition) is 2. The van der Waals surface area contributed by atoms with Crippen molar-refractivity contribution in [2.24, 2.45) is 51.2 Å². The minimum absolute atomic E-state index is 0.111. The summed E-state index contributed by atoms with van der Waals surface area (Å²) in [5, 5.41) is 13.8. The zero-order valence-corrected chi connectivity index (χ0v) is 27.5. The maximum absolute atomic E-state index is 14.0. The van der Waals surface area contributed by atoms with Crippen LogP contribution in [0.15, 0.2) is 36.4 Å². The van der Waals surface area contributed by atoms with Crippen molar-refractivity contribution in [2.45, 2.75) is 111 Å². The molecule has 0 radical (unpaired) electrons. The number of nitriles is 1. The fourth-order valence-corrected chi connectivity index (χ4v) is 13.2. The lowest BCUT2D eigenvalue weighted by molar-refractivity contribution is -0.224. The second-order valence-electron chi connectivity index (χ2n) is 16.9. The molecule has 5 aliphatic carbocycles. The lowest BCUT2D eigenvalue weighted by Crippen LogP contribution is -2.67. The van der Waals surface area contributed by atoms with E-state index in [0.29, 0.717) is 42.6 Å². The molecule has 0 aliphatic heterocycles. The highest BCUT2D eigenvalue weighted by Gasteiger charge is 2.71. The Bertz CT molecular complexity index is 1530. The molecule has 1 amide bonds. The number of fused-ring (bicyclic) bond motifs is 10. The van der Waals surface area contributed by atoms with E-state index in [1.54, 1.807) is 5.56 Å². The Hall–Kier alpha value is -2.54. The van der Waals surface area contributed by atoms with E-state index in [-0.39, 0.29) is 33.0 Å². The molecule has 4 saturated carbocycles. The van der Waals surface area contributed by atoms with E-state index in [0.717, 1.165) is 25.7 Å². The summed E-state index contributed by atoms with van der Waals surface area (Å²) in [5.41, 5.74) is 6.12. The standard InChI is InChI=1S/C39H53N3O/c1-24(2)25-15-18-39(34(43)41-22-10-21-40)20-19-37(6)28(32(25)39)13-14-31-36(5)23-27-26-11-8-9-12-29(26)42-33(27)35(3,4)30(36)16-17-38(31,37)7/h8-9,11-12,25,28,30-32,42H,1,10,13-20,22-23H2,2-7H3,(H,41,43)/t25-,28+,30-,31+,32+,36-,37+,38+,39-/m0/s1. The van der Waals surface area contributed by atoms with E-state index in [1.807, 2.05) is 0 Å². The number of benzene rings is 1. The van der Waals surface area contributed by atoms with Crippen LogP contribution in [-0.2, 0) is 16.6 Å². The van der Waals surface area contributed by atoms with Crippen molar-refractivity contribution in [1.82, 2.24) is 10.3 Å². The Balaban J connectivity index is 1.29. The third kappa shape index (κ3) is 3.63. The molecule has 9 atom stereocenters. The number of nitrogens with zero attached hydrogens (tertiary/aromatic N) is 1. The van der Waals surface area contributed by atoms with Crippen LogP contribution >= 0.6 is 0 Å². The summed E-state index contributed by atoms with van der Waals surface area (Å²) in [6, 6.07) is 11.2. The summed E-state index contributed by atoms with van der Waals surface area (Å²) in [6.45, 7) is 20.2. The zero-order valence-electron chi connectivity index (χ0n) is 27.5. The number of nitrogens with one attached hydrogen (secondary N) is 2. The summed E-state index contributed by atoms with van der Waals surface area (Å²) >= 11 is 0. The molecule has 4 nitrogen and oxygen atoms in total. The van der Waals surface area contributed by atoms with Gasteiger partial charge in [-0.15, -0.1) is 0 Å². The highest BCUT2D eigenvalue weighted by molar-refractivity contribution is 5.86. The van der Waals surface area contributed by atoms with Gasteiger partial charge in [0, 0.05) is 28.6 Å². The minimum Gasteiger partial charge on any atom is -0.358 e. The largest absolute Gasteiger partial charge is 0.358 e. The zero-order chi connectivity index (χ0) is 30.6. The summed E-state index contributed by atoms with van der Waals surface area (Å²) in [4.78, 5) is 17.9. The molecule has 1 heterocycles. The van der Waals surface area contributed by atoms with Crippen LogP contribution in [0.5, 0.6) is 0 Å². The highest BCUT2D eigenvalue weighted by Crippen LogP contribution is 2.77. The van der Waals surface area contributed by atoms with Gasteiger partial charge in [-0.3, -0.25) is 4.79 Å². The molecular weight excluding hydrogens is 526 g/mol. The number of para-hydroxylation sites is 1. The SMILES string of the molecule is C=C(C)[C@@H]1CC[C@]2(C(=O)NCCC#N)CC[C@]3(C)[C@H](CC[C@@H]4[C@@]5(C)Cc6c([nH]c7ccccc67)C(C)(C)[C@@H]5CC[C@]43C)[C@@H]12. The number of allylic oxidation sites excluding steroid dienone is 1. The second-order valence-corrected chi connectivity index (χ2v) is 16.9. The Kier molecular flexibility index (Phi) is 6.44. The van der Waals surface area contributed by atoms with Gasteiger partial charge >= 0.3 is 0 Å². The van der Waals surface area contributed by atoms with Crippen molar-refractivity contribution < 1.29 is 4.79 Å². The lowest BCUT2D eigenvalue weighted by Gasteiger charge is -2.72. The lowest BCUT2D eigenvalue weighted by atomic mass is 9.32. The molecule has 0 spiro atoms. The van der Waals surface area contributed by atoms with Crippen LogP contribution in [0.3, 0.4) is 0 Å². The van der Waals surface area contributed by atoms with E-state index in [1.165, 1.54) is 54.3 Å². The average molecular weight is 580 g/mol. The van der Waals surface area contributed by atoms with Crippen LogP contribution in [0, 0.1) is 62.6 Å². The van der Waals surface area contributed by atoms with Gasteiger partial charge in [0.05, 0.1) is 17.9 Å². The molecule has 1 aromatic heterocycles. The van der Waals surface area contributed by atoms with Crippen LogP contribution in [-0.4, -0.2) is 17.4 Å². The van der Waals surface area contributed by atoms with Crippen molar-refractivity contribution in [2.75, 3.05) is 6.54 Å². The van der Waals surface area contributed by atoms with Crippen LogP contribution in [0.4, 0.5) is 0 Å². The minimum atomic E-state index is -0.306. The molecule has 230 valence electrons. The van der Waals surface area contributed by atoms with Crippen LogP contribution in [0.2, 0.25) is 0 Å². The van der Waals surface area contributed by atoms with Gasteiger partial charge in [0.1, 0.15) is 0 Å². The molecule has 2 aromatic rings. The van der Waals surface area contributed by atoms with E-state index >= 15 is 0 Å². The molecule has 0 unspecified atom stereocenters. The van der Waals surface area contributed by atoms with Crippen LogP contribution in [0.1, 0.15) is 111 Å². The predicted molar refractivity (Wildman–Crippen MR) is 174 cm³/mol. The number of carbonyl (C=O) groups excluding carboxylic acids is 1. The second kappa shape index (κ2) is 9.48. The maximum Gasteiger partial charge on any atom is 0.226 e. The number of carbonyl (C=O) groups is 1. The molecule has 4 fully saturated rings. The molecular formula is C39H53N3O. The van der Waals surface area contributed by atoms with Gasteiger partial charge < -0.3 is 10.3 Å². The summed E-state index contributed by atoms with van der Waals surface area (Å²) in [6.07, 6.45) is 10.8. The van der Waals surface area contributed by atoms with Gasteiger partial charge in [0.2, 0.25) is 5.91 Å². The first-order chi connectivity index (χ1) is 20.3. The molecule has 43 heavy (non-hydrogen) atoms. The van der Waals surface area contributed by atoms with Crippen molar-refractivity contribution in [3.8, 4) is 6.07 Å². The van der Waals surface area contributed by atoms with Gasteiger partial charge in [0.15, 0.2) is 0 Å². The fraction of sp³-hybridized carbons (Fsp3) is 0.692. The molecule has 5 aliphatic rings. The van der Waals surface area contributed by atoms with Crippen LogP contribution < -0.4 is 5.32 Å². The molecule has 0 saturated heterocycles. The first-order valence-corrected chi connectivity index (χ1v) is 17.3. The van der Waals surface area contributed by atoms with E-state index in [4.69, 9.17) is 5.26 Å². The van der Waals surface area contributed by atoms with Gasteiger partial charge in [0.25, 0.3) is 0 Å². The number of rotatable bonds is 4. The van der Waals surface area contributed by atoms with E-state index < -0.39 is 0 Å². The normalized spacial score (nSPS) is 42.5. The van der Waals surface area contributed by atoms with Crippen molar-refractivity contribution in [1.29, 1.82) is 5.26 Å². The molecule has 2 N–H and O–H groups in total. The molecule has 1 aromatic carbocycles. The van der Waals surface area contributed by atoms with Crippen molar-refractivity contribution >= 4 is 16.8 Å². The van der Waals surface area contributed by atoms with Crippen molar-refractivity contribution in [3.63, 3.8) is 0 Å². The van der Waals surface area contributed by atoms with E-state index in [9.17, 15) is 4.79 Å². The first kappa shape index (κ1) is 29.2. The smallest absolute Gasteiger partial charge is 0.226 e. The number of aromatic amines is 1. The monoisotopic (exact) mass is 579 g/mol. The molecule has 7 rings (SSSR count). The Labute approximate surface area is 259 Å². The Morgan fingerprint density at radius 3 is 2.51 bits per heavy atom. The maximum atomic E-state index is 14.0. The van der Waals surface area contributed by atoms with Gasteiger partial charge in [-0.05, 0) is 122 Å². The summed E-state index contributed by atoms with van der Waals surface area (Å²) in [7, 11) is 0. The molecule has 0 bridgehead atoms. The fourth-order valence-electron chi connectivity index (χ4n) is 13.2. The van der Waals surface area contributed by atoms with Gasteiger partial charge in [-0.25, -0.2) is 0 Å². The highest BCUT2D eigenvalue weighted by atomic mass is 16.2. The van der Waals surface area contributed by atoms with Gasteiger partial charge in [-0.2, -0.15) is 5.26 Å².